The van der Waals surface area contributed by atoms with E-state index in [1.807, 2.05) is 0 Å². The summed E-state index contributed by atoms with van der Waals surface area (Å²) in [4.78, 5) is 15.4. The number of hydrogen-bond acceptors (Lipinski definition) is 2. The van der Waals surface area contributed by atoms with Crippen molar-refractivity contribution in [3.05, 3.63) is 0 Å². The van der Waals surface area contributed by atoms with Gasteiger partial charge in [0.25, 0.3) is 0 Å². The number of carbonyl (C=O) groups excluding carboxylic acids is 1. The minimum absolute atomic E-state index is 0.222. The second kappa shape index (κ2) is 6.68. The summed E-state index contributed by atoms with van der Waals surface area (Å²) in [6.45, 7) is 11.3. The molecule has 1 aliphatic heterocycles. The van der Waals surface area contributed by atoms with Crippen LogP contribution in [0.2, 0.25) is 0 Å². The fourth-order valence-electron chi connectivity index (χ4n) is 4.46. The number of nitrogens with zero attached hydrogens (tertiary/aromatic N) is 1. The molecule has 1 aliphatic carbocycles. The average molecular weight is 294 g/mol. The summed E-state index contributed by atoms with van der Waals surface area (Å²) in [5, 5.41) is 3.76. The zero-order chi connectivity index (χ0) is 15.6. The third-order valence-corrected chi connectivity index (χ3v) is 5.74. The van der Waals surface area contributed by atoms with Gasteiger partial charge in [-0.05, 0) is 38.0 Å². The molecule has 3 nitrogen and oxygen atoms in total. The first-order valence-electron chi connectivity index (χ1n) is 9.05. The van der Waals surface area contributed by atoms with Crippen molar-refractivity contribution in [3.8, 4) is 0 Å². The Morgan fingerprint density at radius 1 is 1.19 bits per heavy atom. The van der Waals surface area contributed by atoms with E-state index >= 15 is 0 Å². The van der Waals surface area contributed by atoms with Crippen LogP contribution in [0.15, 0.2) is 0 Å². The van der Waals surface area contributed by atoms with Crippen molar-refractivity contribution in [3.63, 3.8) is 0 Å². The van der Waals surface area contributed by atoms with Crippen molar-refractivity contribution in [2.75, 3.05) is 0 Å². The molecular formula is C18H34N2O. The highest BCUT2D eigenvalue weighted by atomic mass is 16.2. The van der Waals surface area contributed by atoms with Gasteiger partial charge in [-0.25, -0.2) is 0 Å². The lowest BCUT2D eigenvalue weighted by molar-refractivity contribution is -0.136. The zero-order valence-corrected chi connectivity index (χ0v) is 14.6. The maximum atomic E-state index is 13.2. The van der Waals surface area contributed by atoms with E-state index in [9.17, 15) is 4.79 Å². The Bertz CT molecular complexity index is 356. The van der Waals surface area contributed by atoms with Crippen molar-refractivity contribution < 1.29 is 4.79 Å². The normalized spacial score (nSPS) is 26.5. The summed E-state index contributed by atoms with van der Waals surface area (Å²) < 4.78 is 0. The first-order valence-corrected chi connectivity index (χ1v) is 9.05. The Morgan fingerprint density at radius 3 is 2.24 bits per heavy atom. The zero-order valence-electron chi connectivity index (χ0n) is 14.6. The van der Waals surface area contributed by atoms with Crippen molar-refractivity contribution in [1.29, 1.82) is 0 Å². The summed E-state index contributed by atoms with van der Waals surface area (Å²) in [6.07, 6.45) is 8.08. The lowest BCUT2D eigenvalue weighted by atomic mass is 9.92. The van der Waals surface area contributed by atoms with Crippen LogP contribution in [0.3, 0.4) is 0 Å². The van der Waals surface area contributed by atoms with Crippen LogP contribution in [0, 0.1) is 11.8 Å². The smallest absolute Gasteiger partial charge is 0.244 e. The van der Waals surface area contributed by atoms with Crippen LogP contribution in [-0.4, -0.2) is 28.6 Å². The number of hydrogen-bond donors (Lipinski definition) is 1. The van der Waals surface area contributed by atoms with Crippen molar-refractivity contribution in [2.45, 2.75) is 97.3 Å². The van der Waals surface area contributed by atoms with Gasteiger partial charge in [0.05, 0.1) is 11.7 Å². The van der Waals surface area contributed by atoms with Crippen molar-refractivity contribution >= 4 is 5.91 Å². The average Bonchev–Trinajstić information content (AvgIpc) is 2.98. The van der Waals surface area contributed by atoms with Crippen LogP contribution < -0.4 is 5.32 Å². The van der Waals surface area contributed by atoms with E-state index in [1.165, 1.54) is 12.8 Å². The fraction of sp³-hybridized carbons (Fsp3) is 0.944. The number of rotatable bonds is 6. The van der Waals surface area contributed by atoms with E-state index in [-0.39, 0.29) is 11.7 Å². The summed E-state index contributed by atoms with van der Waals surface area (Å²) in [6, 6.07) is 0.351. The molecule has 2 rings (SSSR count). The molecule has 1 N–H and O–H groups in total. The molecule has 122 valence electrons. The molecule has 1 amide bonds. The number of nitrogens with one attached hydrogen (secondary N) is 1. The molecule has 1 spiro atoms. The molecule has 0 radical (unpaired) electrons. The van der Waals surface area contributed by atoms with E-state index in [0.29, 0.717) is 23.8 Å². The van der Waals surface area contributed by atoms with E-state index in [1.54, 1.807) is 0 Å². The minimum atomic E-state index is -0.222. The quantitative estimate of drug-likeness (QED) is 0.805. The van der Waals surface area contributed by atoms with Crippen LogP contribution in [-0.2, 0) is 4.79 Å². The van der Waals surface area contributed by atoms with Crippen LogP contribution in [0.4, 0.5) is 0 Å². The first-order chi connectivity index (χ1) is 9.95. The van der Waals surface area contributed by atoms with Gasteiger partial charge in [0, 0.05) is 6.04 Å². The number of carbonyl (C=O) groups is 1. The molecule has 2 atom stereocenters. The Morgan fingerprint density at radius 2 is 1.76 bits per heavy atom. The highest BCUT2D eigenvalue weighted by Gasteiger charge is 2.53. The van der Waals surface area contributed by atoms with Crippen molar-refractivity contribution in [2.24, 2.45) is 11.8 Å². The molecule has 1 heterocycles. The van der Waals surface area contributed by atoms with Crippen molar-refractivity contribution in [1.82, 2.24) is 10.2 Å². The maximum Gasteiger partial charge on any atom is 0.244 e. The van der Waals surface area contributed by atoms with E-state index < -0.39 is 0 Å². The maximum absolute atomic E-state index is 13.2. The molecule has 2 aliphatic rings. The standard InChI is InChI=1S/C18H34N2O/c1-6-15(7-2)14(5)20-16(12-13(3)4)19-18(17(20)21)10-8-9-11-18/h13-16,19H,6-12H2,1-5H3. The lowest BCUT2D eigenvalue weighted by Gasteiger charge is -2.35. The molecule has 0 aromatic rings. The van der Waals surface area contributed by atoms with Crippen LogP contribution in [0.25, 0.3) is 0 Å². The minimum Gasteiger partial charge on any atom is -0.323 e. The van der Waals surface area contributed by atoms with Gasteiger partial charge in [-0.1, -0.05) is 53.4 Å². The first kappa shape index (κ1) is 16.8. The monoisotopic (exact) mass is 294 g/mol. The van der Waals surface area contributed by atoms with Gasteiger partial charge >= 0.3 is 0 Å². The second-order valence-electron chi connectivity index (χ2n) is 7.61. The molecule has 0 aromatic heterocycles. The Kier molecular flexibility index (Phi) is 5.34. The largest absolute Gasteiger partial charge is 0.323 e. The van der Waals surface area contributed by atoms with Gasteiger partial charge in [-0.3, -0.25) is 10.1 Å². The Balaban J connectivity index is 2.23. The Hall–Kier alpha value is -0.570. The van der Waals surface area contributed by atoms with Gasteiger partial charge in [0.2, 0.25) is 5.91 Å². The summed E-state index contributed by atoms with van der Waals surface area (Å²) in [5.41, 5.74) is -0.222. The third-order valence-electron chi connectivity index (χ3n) is 5.74. The SMILES string of the molecule is CCC(CC)C(C)N1C(=O)C2(CCCC2)NC1CC(C)C. The van der Waals surface area contributed by atoms with E-state index in [2.05, 4.69) is 44.8 Å². The van der Waals surface area contributed by atoms with Gasteiger partial charge in [-0.2, -0.15) is 0 Å². The predicted molar refractivity (Wildman–Crippen MR) is 88.0 cm³/mol. The Labute approximate surface area is 130 Å². The van der Waals surface area contributed by atoms with Gasteiger partial charge in [0.15, 0.2) is 0 Å². The topological polar surface area (TPSA) is 32.3 Å². The molecule has 1 saturated heterocycles. The molecule has 3 heteroatoms. The highest BCUT2D eigenvalue weighted by Crippen LogP contribution is 2.39. The van der Waals surface area contributed by atoms with Crippen LogP contribution >= 0.6 is 0 Å². The summed E-state index contributed by atoms with van der Waals surface area (Å²) >= 11 is 0. The lowest BCUT2D eigenvalue weighted by Crippen LogP contribution is -2.47. The van der Waals surface area contributed by atoms with Gasteiger partial charge in [0.1, 0.15) is 0 Å². The van der Waals surface area contributed by atoms with E-state index in [0.717, 1.165) is 32.1 Å². The highest BCUT2D eigenvalue weighted by molar-refractivity contribution is 5.89. The van der Waals surface area contributed by atoms with Crippen LogP contribution in [0.5, 0.6) is 0 Å². The molecule has 0 bridgehead atoms. The fourth-order valence-corrected chi connectivity index (χ4v) is 4.46. The number of amides is 1. The molecular weight excluding hydrogens is 260 g/mol. The second-order valence-corrected chi connectivity index (χ2v) is 7.61. The summed E-state index contributed by atoms with van der Waals surface area (Å²) in [7, 11) is 0. The third kappa shape index (κ3) is 3.13. The molecule has 0 aromatic carbocycles. The van der Waals surface area contributed by atoms with Gasteiger partial charge < -0.3 is 4.90 Å². The molecule has 2 fully saturated rings. The predicted octanol–water partition coefficient (Wildman–Crippen LogP) is 3.93. The molecule has 1 saturated carbocycles. The van der Waals surface area contributed by atoms with Crippen LogP contribution in [0.1, 0.15) is 79.6 Å². The molecule has 2 unspecified atom stereocenters. The molecule has 21 heavy (non-hydrogen) atoms. The summed E-state index contributed by atoms with van der Waals surface area (Å²) in [5.74, 6) is 1.62. The van der Waals surface area contributed by atoms with Gasteiger partial charge in [-0.15, -0.1) is 0 Å². The van der Waals surface area contributed by atoms with E-state index in [4.69, 9.17) is 0 Å².